The maximum atomic E-state index is 9.75. The molecule has 0 saturated carbocycles. The summed E-state index contributed by atoms with van der Waals surface area (Å²) >= 11 is 4.74. The average molecular weight is 137 g/mol. The molecule has 0 fully saturated rings. The van der Waals surface area contributed by atoms with Gasteiger partial charge in [0.25, 0.3) is 0 Å². The molecule has 0 aliphatic carbocycles. The molecule has 0 spiro atoms. The van der Waals surface area contributed by atoms with Crippen LogP contribution in [0.2, 0.25) is 0 Å². The fourth-order valence-electron chi connectivity index (χ4n) is 0.187. The quantitative estimate of drug-likeness (QED) is 0.330. The Morgan fingerprint density at radius 2 is 2.38 bits per heavy atom. The molecule has 0 aromatic rings. The molecule has 0 unspecified atom stereocenters. The second kappa shape index (κ2) is 4.59. The van der Waals surface area contributed by atoms with Gasteiger partial charge in [0.15, 0.2) is 0 Å². The van der Waals surface area contributed by atoms with E-state index in [-0.39, 0.29) is 13.0 Å². The summed E-state index contributed by atoms with van der Waals surface area (Å²) in [6, 6.07) is 0. The zero-order valence-corrected chi connectivity index (χ0v) is 4.85. The molecule has 0 aliphatic rings. The van der Waals surface area contributed by atoms with Crippen molar-refractivity contribution in [1.29, 1.82) is 0 Å². The smallest absolute Gasteiger partial charge is 0.403 e. The molecule has 4 heteroatoms. The summed E-state index contributed by atoms with van der Waals surface area (Å²) in [4.78, 5) is 19.3. The monoisotopic (exact) mass is 136 g/mol. The predicted molar refractivity (Wildman–Crippen MR) is 27.9 cm³/mol. The fourth-order valence-corrected chi connectivity index (χ4v) is 0.264. The Labute approximate surface area is 51.6 Å². The second-order valence-electron chi connectivity index (χ2n) is 1.04. The van der Waals surface area contributed by atoms with E-state index in [0.717, 1.165) is 0 Å². The zero-order chi connectivity index (χ0) is 6.41. The first kappa shape index (κ1) is 7.43. The third-order valence-corrected chi connectivity index (χ3v) is 0.560. The van der Waals surface area contributed by atoms with Crippen LogP contribution in [0.5, 0.6) is 0 Å². The van der Waals surface area contributed by atoms with Gasteiger partial charge in [0.05, 0.1) is 6.61 Å². The normalized spacial score (nSPS) is 8.12. The van der Waals surface area contributed by atoms with Crippen molar-refractivity contribution in [2.75, 3.05) is 6.61 Å². The van der Waals surface area contributed by atoms with Gasteiger partial charge in [-0.15, -0.1) is 0 Å². The van der Waals surface area contributed by atoms with E-state index in [4.69, 9.17) is 11.6 Å². The van der Waals surface area contributed by atoms with Crippen LogP contribution in [-0.2, 0) is 9.53 Å². The van der Waals surface area contributed by atoms with Crippen LogP contribution in [0.15, 0.2) is 0 Å². The predicted octanol–water partition coefficient (Wildman–Crippen LogP) is 0.951. The number of halogens is 1. The van der Waals surface area contributed by atoms with Crippen LogP contribution in [0.25, 0.3) is 0 Å². The van der Waals surface area contributed by atoms with Gasteiger partial charge < -0.3 is 9.53 Å². The molecular weight excluding hydrogens is 131 g/mol. The van der Waals surface area contributed by atoms with Gasteiger partial charge in [0.1, 0.15) is 6.29 Å². The minimum atomic E-state index is -0.869. The van der Waals surface area contributed by atoms with Crippen LogP contribution in [0.1, 0.15) is 6.42 Å². The highest BCUT2D eigenvalue weighted by Crippen LogP contribution is 1.86. The standard InChI is InChI=1S/C4H5ClO3/c5-4(7)8-3-1-2-6/h2H,1,3H2. The molecule has 0 amide bonds. The first-order chi connectivity index (χ1) is 3.77. The largest absolute Gasteiger partial charge is 0.453 e. The Morgan fingerprint density at radius 1 is 1.75 bits per heavy atom. The lowest BCUT2D eigenvalue weighted by atomic mass is 10.5. The highest BCUT2D eigenvalue weighted by molar-refractivity contribution is 6.61. The van der Waals surface area contributed by atoms with Crippen molar-refractivity contribution in [2.24, 2.45) is 0 Å². The van der Waals surface area contributed by atoms with Gasteiger partial charge in [-0.1, -0.05) is 0 Å². The van der Waals surface area contributed by atoms with Crippen molar-refractivity contribution in [1.82, 2.24) is 0 Å². The number of carbonyl (C=O) groups excluding carboxylic acids is 2. The molecule has 0 rings (SSSR count). The van der Waals surface area contributed by atoms with E-state index in [2.05, 4.69) is 4.74 Å². The molecular formula is C4H5ClO3. The van der Waals surface area contributed by atoms with E-state index in [9.17, 15) is 9.59 Å². The number of rotatable bonds is 3. The minimum absolute atomic E-state index is 0.0752. The lowest BCUT2D eigenvalue weighted by Crippen LogP contribution is -1.95. The molecule has 0 atom stereocenters. The molecule has 46 valence electrons. The molecule has 0 saturated heterocycles. The van der Waals surface area contributed by atoms with Crippen molar-refractivity contribution in [3.63, 3.8) is 0 Å². The minimum Gasteiger partial charge on any atom is -0.453 e. The van der Waals surface area contributed by atoms with E-state index < -0.39 is 5.43 Å². The van der Waals surface area contributed by atoms with Crippen LogP contribution in [-0.4, -0.2) is 18.3 Å². The maximum absolute atomic E-state index is 9.75. The summed E-state index contributed by atoms with van der Waals surface area (Å²) in [5.74, 6) is 0. The van der Waals surface area contributed by atoms with Crippen molar-refractivity contribution in [2.45, 2.75) is 6.42 Å². The SMILES string of the molecule is O=CCCOC(=O)Cl. The van der Waals surface area contributed by atoms with Crippen molar-refractivity contribution >= 4 is 23.3 Å². The van der Waals surface area contributed by atoms with E-state index in [1.165, 1.54) is 0 Å². The first-order valence-corrected chi connectivity index (χ1v) is 2.41. The molecule has 0 aromatic heterocycles. The number of aldehydes is 1. The zero-order valence-electron chi connectivity index (χ0n) is 4.09. The highest BCUT2D eigenvalue weighted by Gasteiger charge is 1.91. The van der Waals surface area contributed by atoms with Gasteiger partial charge in [-0.05, 0) is 0 Å². The summed E-state index contributed by atoms with van der Waals surface area (Å²) < 4.78 is 4.18. The summed E-state index contributed by atoms with van der Waals surface area (Å²) in [7, 11) is 0. The van der Waals surface area contributed by atoms with E-state index in [1.807, 2.05) is 0 Å². The Kier molecular flexibility index (Phi) is 4.26. The van der Waals surface area contributed by atoms with Gasteiger partial charge in [-0.25, -0.2) is 4.79 Å². The van der Waals surface area contributed by atoms with Crippen LogP contribution in [0, 0.1) is 0 Å². The Hall–Kier alpha value is -0.570. The van der Waals surface area contributed by atoms with Crippen LogP contribution in [0.3, 0.4) is 0 Å². The van der Waals surface area contributed by atoms with E-state index in [1.54, 1.807) is 0 Å². The fraction of sp³-hybridized carbons (Fsp3) is 0.500. The van der Waals surface area contributed by atoms with Crippen molar-refractivity contribution in [3.8, 4) is 0 Å². The van der Waals surface area contributed by atoms with Gasteiger partial charge in [0, 0.05) is 18.0 Å². The Morgan fingerprint density at radius 3 is 2.75 bits per heavy atom. The number of hydrogen-bond acceptors (Lipinski definition) is 3. The molecule has 0 heterocycles. The average Bonchev–Trinajstić information content (AvgIpc) is 1.66. The summed E-state index contributed by atoms with van der Waals surface area (Å²) in [6.45, 7) is 0.0752. The van der Waals surface area contributed by atoms with Crippen molar-refractivity contribution < 1.29 is 14.3 Å². The molecule has 8 heavy (non-hydrogen) atoms. The lowest BCUT2D eigenvalue weighted by molar-refractivity contribution is -0.108. The van der Waals surface area contributed by atoms with E-state index >= 15 is 0 Å². The Balaban J connectivity index is 2.93. The second-order valence-corrected chi connectivity index (χ2v) is 1.35. The molecule has 0 bridgehead atoms. The van der Waals surface area contributed by atoms with Gasteiger partial charge in [0.2, 0.25) is 0 Å². The van der Waals surface area contributed by atoms with Crippen molar-refractivity contribution in [3.05, 3.63) is 0 Å². The number of carbonyl (C=O) groups is 2. The molecule has 0 aliphatic heterocycles. The molecule has 0 N–H and O–H groups in total. The molecule has 0 radical (unpaired) electrons. The lowest BCUT2D eigenvalue weighted by Gasteiger charge is -1.91. The summed E-state index contributed by atoms with van der Waals surface area (Å²) in [6.07, 6.45) is 0.859. The number of ether oxygens (including phenoxy) is 1. The molecule has 3 nitrogen and oxygen atoms in total. The maximum Gasteiger partial charge on any atom is 0.403 e. The van der Waals surface area contributed by atoms with E-state index in [0.29, 0.717) is 6.29 Å². The third-order valence-electron chi connectivity index (χ3n) is 0.451. The van der Waals surface area contributed by atoms with Crippen LogP contribution < -0.4 is 0 Å². The van der Waals surface area contributed by atoms with Crippen LogP contribution >= 0.6 is 11.6 Å². The summed E-state index contributed by atoms with van der Waals surface area (Å²) in [5, 5.41) is 0. The van der Waals surface area contributed by atoms with Gasteiger partial charge >= 0.3 is 5.43 Å². The third kappa shape index (κ3) is 5.43. The topological polar surface area (TPSA) is 43.4 Å². The Bertz CT molecular complexity index is 91.3. The summed E-state index contributed by atoms with van der Waals surface area (Å²) in [5.41, 5.74) is -0.869. The van der Waals surface area contributed by atoms with Crippen LogP contribution in [0.4, 0.5) is 4.79 Å². The van der Waals surface area contributed by atoms with Gasteiger partial charge in [-0.3, -0.25) is 0 Å². The number of hydrogen-bond donors (Lipinski definition) is 0. The highest BCUT2D eigenvalue weighted by atomic mass is 35.5. The molecule has 0 aromatic carbocycles. The van der Waals surface area contributed by atoms with Gasteiger partial charge in [-0.2, -0.15) is 0 Å². The first-order valence-electron chi connectivity index (χ1n) is 2.03.